The number of rotatable bonds is 4. The summed E-state index contributed by atoms with van der Waals surface area (Å²) in [4.78, 5) is 19.1. The van der Waals surface area contributed by atoms with Gasteiger partial charge in [0, 0.05) is 16.4 Å². The number of amides is 1. The standard InChI is InChI=1S/C21H22ClN3O3S2/c1-13-6-7-18(14(2)8-13)25-19-12-30(27,28)11-17(19)24-21(25)29-10-20(26)23-16-5-3-4-15(22)9-16/h3-9,17,19H,10-12H2,1-2H3,(H,23,26)/t17-,19+/m0/s1. The van der Waals surface area contributed by atoms with E-state index in [1.807, 2.05) is 30.9 Å². The molecule has 0 bridgehead atoms. The zero-order valence-corrected chi connectivity index (χ0v) is 19.0. The van der Waals surface area contributed by atoms with Crippen molar-refractivity contribution in [1.82, 2.24) is 0 Å². The molecule has 4 rings (SSSR count). The number of halogens is 1. The molecule has 1 fully saturated rings. The van der Waals surface area contributed by atoms with Crippen molar-refractivity contribution in [2.45, 2.75) is 25.9 Å². The molecular weight excluding hydrogens is 442 g/mol. The fourth-order valence-corrected chi connectivity index (χ4v) is 6.83. The maximum atomic E-state index is 12.4. The first kappa shape index (κ1) is 21.2. The van der Waals surface area contributed by atoms with Crippen LogP contribution in [0.1, 0.15) is 11.1 Å². The molecule has 6 nitrogen and oxygen atoms in total. The van der Waals surface area contributed by atoms with Gasteiger partial charge >= 0.3 is 0 Å². The predicted octanol–water partition coefficient (Wildman–Crippen LogP) is 3.67. The average Bonchev–Trinajstić information content (AvgIpc) is 3.11. The first-order chi connectivity index (χ1) is 14.2. The molecule has 158 valence electrons. The fourth-order valence-electron chi connectivity index (χ4n) is 3.88. The Labute approximate surface area is 185 Å². The van der Waals surface area contributed by atoms with Crippen molar-refractivity contribution < 1.29 is 13.2 Å². The van der Waals surface area contributed by atoms with Crippen molar-refractivity contribution in [2.24, 2.45) is 4.99 Å². The van der Waals surface area contributed by atoms with Gasteiger partial charge in [0.15, 0.2) is 15.0 Å². The molecule has 9 heteroatoms. The lowest BCUT2D eigenvalue weighted by Crippen LogP contribution is -2.39. The minimum Gasteiger partial charge on any atom is -0.325 e. The molecule has 1 N–H and O–H groups in total. The SMILES string of the molecule is Cc1ccc(N2C(SCC(=O)Nc3cccc(Cl)c3)=N[C@H]3CS(=O)(=O)C[C@H]32)c(C)c1. The largest absolute Gasteiger partial charge is 0.325 e. The number of aryl methyl sites for hydroxylation is 2. The molecule has 0 aromatic heterocycles. The van der Waals surface area contributed by atoms with E-state index in [1.54, 1.807) is 24.3 Å². The van der Waals surface area contributed by atoms with Crippen molar-refractivity contribution in [3.05, 3.63) is 58.6 Å². The molecular formula is C21H22ClN3O3S2. The zero-order chi connectivity index (χ0) is 21.5. The van der Waals surface area contributed by atoms with Crippen LogP contribution in [0.15, 0.2) is 47.5 Å². The topological polar surface area (TPSA) is 78.8 Å². The van der Waals surface area contributed by atoms with E-state index in [1.165, 1.54) is 11.8 Å². The zero-order valence-electron chi connectivity index (χ0n) is 16.6. The minimum absolute atomic E-state index is 0.0534. The number of benzene rings is 2. The van der Waals surface area contributed by atoms with Crippen LogP contribution in [-0.4, -0.2) is 48.8 Å². The van der Waals surface area contributed by atoms with E-state index >= 15 is 0 Å². The number of aliphatic imine (C=N–C) groups is 1. The van der Waals surface area contributed by atoms with Gasteiger partial charge in [-0.1, -0.05) is 47.1 Å². The van der Waals surface area contributed by atoms with Crippen LogP contribution in [0.2, 0.25) is 5.02 Å². The molecule has 0 unspecified atom stereocenters. The Kier molecular flexibility index (Phi) is 5.83. The van der Waals surface area contributed by atoms with E-state index in [4.69, 9.17) is 11.6 Å². The average molecular weight is 464 g/mol. The van der Waals surface area contributed by atoms with E-state index in [0.717, 1.165) is 16.8 Å². The Balaban J connectivity index is 1.53. The van der Waals surface area contributed by atoms with E-state index in [0.29, 0.717) is 15.9 Å². The van der Waals surface area contributed by atoms with Crippen molar-refractivity contribution in [1.29, 1.82) is 0 Å². The predicted molar refractivity (Wildman–Crippen MR) is 125 cm³/mol. The molecule has 0 aliphatic carbocycles. The second-order valence-electron chi connectivity index (χ2n) is 7.63. The van der Waals surface area contributed by atoms with Crippen LogP contribution in [0, 0.1) is 13.8 Å². The highest BCUT2D eigenvalue weighted by Gasteiger charge is 2.47. The van der Waals surface area contributed by atoms with E-state index in [-0.39, 0.29) is 35.2 Å². The number of amidine groups is 1. The summed E-state index contributed by atoms with van der Waals surface area (Å²) in [5.74, 6) is 0.125. The molecule has 2 aromatic rings. The molecule has 2 aliphatic rings. The quantitative estimate of drug-likeness (QED) is 0.748. The summed E-state index contributed by atoms with van der Waals surface area (Å²) in [6.07, 6.45) is 0. The summed E-state index contributed by atoms with van der Waals surface area (Å²) >= 11 is 7.29. The van der Waals surface area contributed by atoms with Crippen molar-refractivity contribution in [3.63, 3.8) is 0 Å². The third kappa shape index (κ3) is 4.50. The molecule has 0 radical (unpaired) electrons. The lowest BCUT2D eigenvalue weighted by molar-refractivity contribution is -0.113. The van der Waals surface area contributed by atoms with Crippen molar-refractivity contribution in [3.8, 4) is 0 Å². The lowest BCUT2D eigenvalue weighted by atomic mass is 10.1. The number of sulfone groups is 1. The second-order valence-corrected chi connectivity index (χ2v) is 11.2. The fraction of sp³-hybridized carbons (Fsp3) is 0.333. The number of fused-ring (bicyclic) bond motifs is 1. The van der Waals surface area contributed by atoms with Gasteiger partial charge in [0.25, 0.3) is 0 Å². The Morgan fingerprint density at radius 1 is 1.23 bits per heavy atom. The van der Waals surface area contributed by atoms with Gasteiger partial charge in [0.2, 0.25) is 5.91 Å². The van der Waals surface area contributed by atoms with Gasteiger partial charge in [-0.05, 0) is 43.7 Å². The Morgan fingerprint density at radius 3 is 2.77 bits per heavy atom. The Bertz CT molecular complexity index is 1130. The van der Waals surface area contributed by atoms with Crippen molar-refractivity contribution in [2.75, 3.05) is 27.5 Å². The molecule has 0 saturated carbocycles. The van der Waals surface area contributed by atoms with Gasteiger partial charge < -0.3 is 10.2 Å². The number of nitrogens with one attached hydrogen (secondary N) is 1. The van der Waals surface area contributed by atoms with E-state index in [2.05, 4.69) is 16.4 Å². The summed E-state index contributed by atoms with van der Waals surface area (Å²) in [5.41, 5.74) is 3.76. The van der Waals surface area contributed by atoms with Crippen molar-refractivity contribution >= 4 is 55.6 Å². The van der Waals surface area contributed by atoms with Crippen LogP contribution in [-0.2, 0) is 14.6 Å². The molecule has 0 spiro atoms. The molecule has 2 aliphatic heterocycles. The van der Waals surface area contributed by atoms with Gasteiger partial charge in [-0.15, -0.1) is 0 Å². The van der Waals surface area contributed by atoms with Gasteiger partial charge in [-0.3, -0.25) is 9.79 Å². The van der Waals surface area contributed by atoms with Gasteiger partial charge in [-0.25, -0.2) is 8.42 Å². The third-order valence-electron chi connectivity index (χ3n) is 5.16. The van der Waals surface area contributed by atoms with Gasteiger partial charge in [-0.2, -0.15) is 0 Å². The second kappa shape index (κ2) is 8.24. The lowest BCUT2D eigenvalue weighted by Gasteiger charge is -2.28. The highest BCUT2D eigenvalue weighted by Crippen LogP contribution is 2.36. The third-order valence-corrected chi connectivity index (χ3v) is 8.06. The normalized spacial score (nSPS) is 22.0. The summed E-state index contributed by atoms with van der Waals surface area (Å²) in [5, 5.41) is 4.07. The van der Waals surface area contributed by atoms with Crippen LogP contribution in [0.25, 0.3) is 0 Å². The Hall–Kier alpha value is -2.03. The van der Waals surface area contributed by atoms with Crippen LogP contribution in [0.3, 0.4) is 0 Å². The maximum absolute atomic E-state index is 12.4. The molecule has 1 amide bonds. The number of anilines is 2. The highest BCUT2D eigenvalue weighted by molar-refractivity contribution is 8.14. The van der Waals surface area contributed by atoms with E-state index in [9.17, 15) is 13.2 Å². The summed E-state index contributed by atoms with van der Waals surface area (Å²) in [6, 6.07) is 12.5. The van der Waals surface area contributed by atoms with Crippen LogP contribution >= 0.6 is 23.4 Å². The number of thioether (sulfide) groups is 1. The number of hydrogen-bond donors (Lipinski definition) is 1. The number of carbonyl (C=O) groups excluding carboxylic acids is 1. The van der Waals surface area contributed by atoms with Crippen LogP contribution in [0.5, 0.6) is 0 Å². The molecule has 2 atom stereocenters. The number of nitrogens with zero attached hydrogens (tertiary/aromatic N) is 2. The summed E-state index contributed by atoms with van der Waals surface area (Å²) in [7, 11) is -3.12. The number of carbonyl (C=O) groups is 1. The monoisotopic (exact) mass is 463 g/mol. The molecule has 30 heavy (non-hydrogen) atoms. The van der Waals surface area contributed by atoms with Gasteiger partial charge in [0.1, 0.15) is 0 Å². The van der Waals surface area contributed by atoms with Crippen LogP contribution in [0.4, 0.5) is 11.4 Å². The minimum atomic E-state index is -3.12. The number of hydrogen-bond acceptors (Lipinski definition) is 6. The summed E-state index contributed by atoms with van der Waals surface area (Å²) in [6.45, 7) is 4.03. The smallest absolute Gasteiger partial charge is 0.234 e. The van der Waals surface area contributed by atoms with Gasteiger partial charge in [0.05, 0.1) is 29.3 Å². The highest BCUT2D eigenvalue weighted by atomic mass is 35.5. The van der Waals surface area contributed by atoms with E-state index < -0.39 is 9.84 Å². The first-order valence-electron chi connectivity index (χ1n) is 9.55. The molecule has 1 saturated heterocycles. The molecule has 2 aromatic carbocycles. The first-order valence-corrected chi connectivity index (χ1v) is 12.7. The maximum Gasteiger partial charge on any atom is 0.234 e. The molecule has 2 heterocycles. The van der Waals surface area contributed by atoms with Crippen LogP contribution < -0.4 is 10.2 Å². The summed E-state index contributed by atoms with van der Waals surface area (Å²) < 4.78 is 24.4. The Morgan fingerprint density at radius 2 is 2.03 bits per heavy atom.